The quantitative estimate of drug-likeness (QED) is 0.868. The van der Waals surface area contributed by atoms with E-state index in [1.807, 2.05) is 9.80 Å². The molecule has 0 spiro atoms. The molecule has 0 atom stereocenters. The van der Waals surface area contributed by atoms with E-state index in [0.717, 1.165) is 6.42 Å². The first-order valence-electron chi connectivity index (χ1n) is 8.49. The maximum absolute atomic E-state index is 13.1. The van der Waals surface area contributed by atoms with E-state index in [-0.39, 0.29) is 24.2 Å². The SMILES string of the molecule is CC(C)CCC(=O)N1CCN(CC(=O)Nc2cccc(F)c2)CC1. The van der Waals surface area contributed by atoms with Crippen LogP contribution in [-0.2, 0) is 9.59 Å². The molecule has 0 aliphatic carbocycles. The number of hydrogen-bond donors (Lipinski definition) is 1. The highest BCUT2D eigenvalue weighted by atomic mass is 19.1. The normalized spacial score (nSPS) is 15.6. The number of piperazine rings is 1. The minimum absolute atomic E-state index is 0.166. The Bertz CT molecular complexity index is 569. The van der Waals surface area contributed by atoms with Crippen molar-refractivity contribution in [2.24, 2.45) is 5.92 Å². The average Bonchev–Trinajstić information content (AvgIpc) is 2.53. The summed E-state index contributed by atoms with van der Waals surface area (Å²) in [6.45, 7) is 7.16. The molecule has 1 fully saturated rings. The summed E-state index contributed by atoms with van der Waals surface area (Å²) in [5, 5.41) is 2.70. The Morgan fingerprint density at radius 3 is 2.54 bits per heavy atom. The second-order valence-corrected chi connectivity index (χ2v) is 6.65. The number of carbonyl (C=O) groups is 2. The van der Waals surface area contributed by atoms with E-state index in [1.54, 1.807) is 12.1 Å². The van der Waals surface area contributed by atoms with Gasteiger partial charge in [-0.25, -0.2) is 4.39 Å². The summed E-state index contributed by atoms with van der Waals surface area (Å²) in [5.74, 6) is 0.191. The molecule has 1 saturated heterocycles. The number of hydrogen-bond acceptors (Lipinski definition) is 3. The first kappa shape index (κ1) is 18.4. The molecule has 0 saturated carbocycles. The molecule has 2 amide bonds. The number of benzene rings is 1. The van der Waals surface area contributed by atoms with E-state index < -0.39 is 0 Å². The third-order valence-electron chi connectivity index (χ3n) is 4.14. The van der Waals surface area contributed by atoms with Crippen molar-refractivity contribution in [3.8, 4) is 0 Å². The summed E-state index contributed by atoms with van der Waals surface area (Å²) in [5.41, 5.74) is 0.461. The van der Waals surface area contributed by atoms with E-state index in [4.69, 9.17) is 0 Å². The Morgan fingerprint density at radius 2 is 1.92 bits per heavy atom. The molecule has 1 aliphatic heterocycles. The van der Waals surface area contributed by atoms with Crippen LogP contribution in [0.1, 0.15) is 26.7 Å². The lowest BCUT2D eigenvalue weighted by molar-refractivity contribution is -0.133. The van der Waals surface area contributed by atoms with Gasteiger partial charge in [-0.2, -0.15) is 0 Å². The molecule has 24 heavy (non-hydrogen) atoms. The Hall–Kier alpha value is -1.95. The third-order valence-corrected chi connectivity index (χ3v) is 4.14. The maximum Gasteiger partial charge on any atom is 0.238 e. The number of rotatable bonds is 6. The molecular formula is C18H26FN3O2. The zero-order valence-electron chi connectivity index (χ0n) is 14.4. The van der Waals surface area contributed by atoms with Gasteiger partial charge in [0.1, 0.15) is 5.82 Å². The molecule has 1 heterocycles. The van der Waals surface area contributed by atoms with Gasteiger partial charge in [0.25, 0.3) is 0 Å². The van der Waals surface area contributed by atoms with Crippen LogP contribution in [0.25, 0.3) is 0 Å². The van der Waals surface area contributed by atoms with Gasteiger partial charge in [-0.05, 0) is 30.5 Å². The van der Waals surface area contributed by atoms with Crippen molar-refractivity contribution in [1.29, 1.82) is 0 Å². The van der Waals surface area contributed by atoms with Crippen molar-refractivity contribution in [1.82, 2.24) is 9.80 Å². The van der Waals surface area contributed by atoms with E-state index in [0.29, 0.717) is 44.2 Å². The molecule has 0 aromatic heterocycles. The van der Waals surface area contributed by atoms with Gasteiger partial charge in [-0.15, -0.1) is 0 Å². The Balaban J connectivity index is 1.72. The van der Waals surface area contributed by atoms with Gasteiger partial charge >= 0.3 is 0 Å². The van der Waals surface area contributed by atoms with Crippen molar-refractivity contribution in [2.75, 3.05) is 38.0 Å². The first-order valence-corrected chi connectivity index (χ1v) is 8.49. The number of halogens is 1. The standard InChI is InChI=1S/C18H26FN3O2/c1-14(2)6-7-18(24)22-10-8-21(9-11-22)13-17(23)20-16-5-3-4-15(19)12-16/h3-5,12,14H,6-11,13H2,1-2H3,(H,20,23). The molecular weight excluding hydrogens is 309 g/mol. The van der Waals surface area contributed by atoms with Crippen LogP contribution in [-0.4, -0.2) is 54.3 Å². The topological polar surface area (TPSA) is 52.7 Å². The lowest BCUT2D eigenvalue weighted by atomic mass is 10.1. The van der Waals surface area contributed by atoms with Crippen molar-refractivity contribution in [2.45, 2.75) is 26.7 Å². The molecule has 1 aromatic rings. The summed E-state index contributed by atoms with van der Waals surface area (Å²) in [6, 6.07) is 5.85. The zero-order chi connectivity index (χ0) is 17.5. The summed E-state index contributed by atoms with van der Waals surface area (Å²) < 4.78 is 13.1. The predicted molar refractivity (Wildman–Crippen MR) is 92.1 cm³/mol. The summed E-state index contributed by atoms with van der Waals surface area (Å²) in [6.07, 6.45) is 1.51. The Labute approximate surface area is 142 Å². The lowest BCUT2D eigenvalue weighted by Crippen LogP contribution is -2.50. The number of anilines is 1. The van der Waals surface area contributed by atoms with Crippen LogP contribution in [0, 0.1) is 11.7 Å². The molecule has 1 aliphatic rings. The lowest BCUT2D eigenvalue weighted by Gasteiger charge is -2.34. The zero-order valence-corrected chi connectivity index (χ0v) is 14.4. The van der Waals surface area contributed by atoms with Crippen LogP contribution in [0.5, 0.6) is 0 Å². The molecule has 5 nitrogen and oxygen atoms in total. The summed E-state index contributed by atoms with van der Waals surface area (Å²) in [4.78, 5) is 28.0. The van der Waals surface area contributed by atoms with Crippen LogP contribution in [0.3, 0.4) is 0 Å². The Morgan fingerprint density at radius 1 is 1.21 bits per heavy atom. The smallest absolute Gasteiger partial charge is 0.238 e. The fourth-order valence-electron chi connectivity index (χ4n) is 2.70. The highest BCUT2D eigenvalue weighted by Crippen LogP contribution is 2.11. The van der Waals surface area contributed by atoms with E-state index in [9.17, 15) is 14.0 Å². The van der Waals surface area contributed by atoms with Crippen LogP contribution >= 0.6 is 0 Å². The Kier molecular flexibility index (Phi) is 6.73. The van der Waals surface area contributed by atoms with Gasteiger partial charge in [0, 0.05) is 38.3 Å². The van der Waals surface area contributed by atoms with Crippen molar-refractivity contribution < 1.29 is 14.0 Å². The van der Waals surface area contributed by atoms with Crippen LogP contribution in [0.15, 0.2) is 24.3 Å². The van der Waals surface area contributed by atoms with Crippen molar-refractivity contribution in [3.63, 3.8) is 0 Å². The van der Waals surface area contributed by atoms with E-state index >= 15 is 0 Å². The first-order chi connectivity index (χ1) is 11.4. The molecule has 1 N–H and O–H groups in total. The van der Waals surface area contributed by atoms with Gasteiger partial charge in [0.15, 0.2) is 0 Å². The maximum atomic E-state index is 13.1. The van der Waals surface area contributed by atoms with Crippen LogP contribution in [0.4, 0.5) is 10.1 Å². The van der Waals surface area contributed by atoms with E-state index in [2.05, 4.69) is 19.2 Å². The van der Waals surface area contributed by atoms with Crippen LogP contribution in [0.2, 0.25) is 0 Å². The van der Waals surface area contributed by atoms with Gasteiger partial charge < -0.3 is 10.2 Å². The fourth-order valence-corrected chi connectivity index (χ4v) is 2.70. The second-order valence-electron chi connectivity index (χ2n) is 6.65. The molecule has 2 rings (SSSR count). The number of nitrogens with zero attached hydrogens (tertiary/aromatic N) is 2. The molecule has 0 bridgehead atoms. The minimum atomic E-state index is -0.374. The van der Waals surface area contributed by atoms with Gasteiger partial charge in [-0.1, -0.05) is 19.9 Å². The third kappa shape index (κ3) is 5.92. The molecule has 0 radical (unpaired) electrons. The van der Waals surface area contributed by atoms with Crippen molar-refractivity contribution in [3.05, 3.63) is 30.1 Å². The summed E-state index contributed by atoms with van der Waals surface area (Å²) >= 11 is 0. The highest BCUT2D eigenvalue weighted by molar-refractivity contribution is 5.92. The predicted octanol–water partition coefficient (Wildman–Crippen LogP) is 2.34. The monoisotopic (exact) mass is 335 g/mol. The highest BCUT2D eigenvalue weighted by Gasteiger charge is 2.22. The molecule has 132 valence electrons. The van der Waals surface area contributed by atoms with Gasteiger partial charge in [0.2, 0.25) is 11.8 Å². The van der Waals surface area contributed by atoms with Gasteiger partial charge in [0.05, 0.1) is 6.54 Å². The number of nitrogens with one attached hydrogen (secondary N) is 1. The van der Waals surface area contributed by atoms with E-state index in [1.165, 1.54) is 12.1 Å². The second kappa shape index (κ2) is 8.78. The molecule has 1 aromatic carbocycles. The van der Waals surface area contributed by atoms with Crippen LogP contribution < -0.4 is 5.32 Å². The average molecular weight is 335 g/mol. The number of amides is 2. The fraction of sp³-hybridized carbons (Fsp3) is 0.556. The van der Waals surface area contributed by atoms with Gasteiger partial charge in [-0.3, -0.25) is 14.5 Å². The molecule has 6 heteroatoms. The summed E-state index contributed by atoms with van der Waals surface area (Å²) in [7, 11) is 0. The van der Waals surface area contributed by atoms with Crippen molar-refractivity contribution >= 4 is 17.5 Å². The number of carbonyl (C=O) groups excluding carboxylic acids is 2. The molecule has 0 unspecified atom stereocenters. The minimum Gasteiger partial charge on any atom is -0.340 e. The largest absolute Gasteiger partial charge is 0.340 e.